The minimum atomic E-state index is -0.476. The molecular formula is C18H24N4O2. The molecule has 6 heteroatoms. The molecule has 1 amide bonds. The van der Waals surface area contributed by atoms with E-state index in [1.807, 2.05) is 12.1 Å². The summed E-state index contributed by atoms with van der Waals surface area (Å²) >= 11 is 0. The number of rotatable bonds is 2. The van der Waals surface area contributed by atoms with E-state index >= 15 is 0 Å². The number of piperidine rings is 1. The van der Waals surface area contributed by atoms with E-state index in [1.54, 1.807) is 17.0 Å². The topological polar surface area (TPSA) is 82.1 Å². The van der Waals surface area contributed by atoms with Crippen molar-refractivity contribution in [3.63, 3.8) is 0 Å². The Morgan fingerprint density at radius 1 is 1.29 bits per heavy atom. The number of nitrogens with one attached hydrogen (secondary N) is 1. The number of nitrogens with zero attached hydrogens (tertiary/aromatic N) is 3. The standard InChI is InChI=1S/C18H24N4O2/c1-18(2,3)14-8-9-22(10-15(14)23)17(24)13-6-4-12(5-7-13)16-19-11-20-21-16/h4-7,11,14-15,23H,8-10H2,1-3H3,(H,19,20,21)/t14-,15-/m1/s1. The maximum Gasteiger partial charge on any atom is 0.253 e. The van der Waals surface area contributed by atoms with E-state index in [0.717, 1.165) is 12.0 Å². The minimum Gasteiger partial charge on any atom is -0.391 e. The van der Waals surface area contributed by atoms with Crippen molar-refractivity contribution in [2.75, 3.05) is 13.1 Å². The van der Waals surface area contributed by atoms with Crippen LogP contribution in [0, 0.1) is 11.3 Å². The first-order chi connectivity index (χ1) is 11.4. The van der Waals surface area contributed by atoms with E-state index in [2.05, 4.69) is 36.0 Å². The highest BCUT2D eigenvalue weighted by Gasteiger charge is 2.37. The number of carbonyl (C=O) groups excluding carboxylic acids is 1. The van der Waals surface area contributed by atoms with Crippen molar-refractivity contribution in [2.24, 2.45) is 11.3 Å². The number of hydrogen-bond acceptors (Lipinski definition) is 4. The Bertz CT molecular complexity index is 689. The van der Waals surface area contributed by atoms with Crippen LogP contribution in [0.5, 0.6) is 0 Å². The third-order valence-corrected chi connectivity index (χ3v) is 4.80. The molecule has 128 valence electrons. The van der Waals surface area contributed by atoms with Crippen LogP contribution in [0.1, 0.15) is 37.6 Å². The number of hydrogen-bond donors (Lipinski definition) is 2. The molecule has 1 aliphatic rings. The van der Waals surface area contributed by atoms with Gasteiger partial charge in [0, 0.05) is 24.2 Å². The van der Waals surface area contributed by atoms with Crippen LogP contribution in [0.25, 0.3) is 11.4 Å². The maximum atomic E-state index is 12.7. The van der Waals surface area contributed by atoms with E-state index in [9.17, 15) is 9.90 Å². The van der Waals surface area contributed by atoms with Gasteiger partial charge in [0.15, 0.2) is 5.82 Å². The Hall–Kier alpha value is -2.21. The van der Waals surface area contributed by atoms with Crippen molar-refractivity contribution in [3.05, 3.63) is 36.2 Å². The summed E-state index contributed by atoms with van der Waals surface area (Å²) < 4.78 is 0. The van der Waals surface area contributed by atoms with E-state index in [4.69, 9.17) is 0 Å². The lowest BCUT2D eigenvalue weighted by Gasteiger charge is -2.42. The third kappa shape index (κ3) is 3.33. The van der Waals surface area contributed by atoms with Crippen LogP contribution in [-0.2, 0) is 0 Å². The number of β-amino-alcohol motifs (C(OH)–C–C–N with tert-alkyl or cyclic N) is 1. The number of H-pyrrole nitrogens is 1. The number of likely N-dealkylation sites (tertiary alicyclic amines) is 1. The maximum absolute atomic E-state index is 12.7. The molecule has 0 aliphatic carbocycles. The lowest BCUT2D eigenvalue weighted by Crippen LogP contribution is -2.50. The molecule has 1 aromatic carbocycles. The summed E-state index contributed by atoms with van der Waals surface area (Å²) in [5, 5.41) is 17.1. The Kier molecular flexibility index (Phi) is 4.41. The second kappa shape index (κ2) is 6.36. The molecule has 0 unspecified atom stereocenters. The number of aliphatic hydroxyl groups is 1. The van der Waals surface area contributed by atoms with Crippen LogP contribution in [0.15, 0.2) is 30.6 Å². The molecule has 0 bridgehead atoms. The zero-order valence-electron chi connectivity index (χ0n) is 14.4. The Morgan fingerprint density at radius 3 is 2.54 bits per heavy atom. The Balaban J connectivity index is 1.69. The highest BCUT2D eigenvalue weighted by Crippen LogP contribution is 2.34. The lowest BCUT2D eigenvalue weighted by molar-refractivity contribution is -0.0188. The van der Waals surface area contributed by atoms with Gasteiger partial charge in [-0.3, -0.25) is 9.89 Å². The van der Waals surface area contributed by atoms with Crippen LogP contribution in [0.2, 0.25) is 0 Å². The first kappa shape index (κ1) is 16.6. The lowest BCUT2D eigenvalue weighted by atomic mass is 9.73. The molecule has 24 heavy (non-hydrogen) atoms. The average Bonchev–Trinajstić information content (AvgIpc) is 3.07. The summed E-state index contributed by atoms with van der Waals surface area (Å²) in [7, 11) is 0. The van der Waals surface area contributed by atoms with Crippen molar-refractivity contribution in [3.8, 4) is 11.4 Å². The van der Waals surface area contributed by atoms with Gasteiger partial charge in [-0.25, -0.2) is 4.98 Å². The molecule has 1 aromatic heterocycles. The zero-order chi connectivity index (χ0) is 17.3. The SMILES string of the molecule is CC(C)(C)[C@@H]1CCN(C(=O)c2ccc(-c3ncn[nH]3)cc2)C[C@H]1O. The summed E-state index contributed by atoms with van der Waals surface area (Å²) in [6, 6.07) is 7.29. The fraction of sp³-hybridized carbons (Fsp3) is 0.500. The molecule has 1 fully saturated rings. The minimum absolute atomic E-state index is 0.0365. The summed E-state index contributed by atoms with van der Waals surface area (Å²) in [5.41, 5.74) is 1.56. The van der Waals surface area contributed by atoms with Crippen molar-refractivity contribution >= 4 is 5.91 Å². The second-order valence-corrected chi connectivity index (χ2v) is 7.49. The second-order valence-electron chi connectivity index (χ2n) is 7.49. The largest absolute Gasteiger partial charge is 0.391 e. The van der Waals surface area contributed by atoms with Gasteiger partial charge in [-0.1, -0.05) is 32.9 Å². The summed E-state index contributed by atoms with van der Waals surface area (Å²) in [5.74, 6) is 0.858. The molecule has 1 saturated heterocycles. The number of carbonyl (C=O) groups is 1. The third-order valence-electron chi connectivity index (χ3n) is 4.80. The van der Waals surface area contributed by atoms with Gasteiger partial charge in [0.25, 0.3) is 5.91 Å². The van der Waals surface area contributed by atoms with Gasteiger partial charge >= 0.3 is 0 Å². The number of aliphatic hydroxyl groups excluding tert-OH is 1. The average molecular weight is 328 g/mol. The molecule has 0 saturated carbocycles. The highest BCUT2D eigenvalue weighted by atomic mass is 16.3. The van der Waals surface area contributed by atoms with Crippen LogP contribution in [0.3, 0.4) is 0 Å². The van der Waals surface area contributed by atoms with Crippen molar-refractivity contribution in [1.82, 2.24) is 20.1 Å². The molecular weight excluding hydrogens is 304 g/mol. The van der Waals surface area contributed by atoms with Gasteiger partial charge < -0.3 is 10.0 Å². The normalized spacial score (nSPS) is 21.8. The van der Waals surface area contributed by atoms with Crippen LogP contribution in [0.4, 0.5) is 0 Å². The first-order valence-electron chi connectivity index (χ1n) is 8.29. The predicted octanol–water partition coefficient (Wildman–Crippen LogP) is 2.34. The molecule has 6 nitrogen and oxygen atoms in total. The number of aromatic amines is 1. The van der Waals surface area contributed by atoms with E-state index in [0.29, 0.717) is 24.5 Å². The number of benzene rings is 1. The zero-order valence-corrected chi connectivity index (χ0v) is 14.4. The van der Waals surface area contributed by atoms with Crippen LogP contribution in [-0.4, -0.2) is 50.3 Å². The Labute approximate surface area is 141 Å². The monoisotopic (exact) mass is 328 g/mol. The van der Waals surface area contributed by atoms with Gasteiger partial charge in [0.05, 0.1) is 6.10 Å². The van der Waals surface area contributed by atoms with Gasteiger partial charge in [-0.2, -0.15) is 5.10 Å². The molecule has 2 aromatic rings. The fourth-order valence-corrected chi connectivity index (χ4v) is 3.42. The summed E-state index contributed by atoms with van der Waals surface area (Å²) in [4.78, 5) is 18.5. The van der Waals surface area contributed by atoms with Crippen molar-refractivity contribution in [1.29, 1.82) is 0 Å². The molecule has 0 spiro atoms. The van der Waals surface area contributed by atoms with E-state index in [-0.39, 0.29) is 17.2 Å². The van der Waals surface area contributed by atoms with Gasteiger partial charge in [0.2, 0.25) is 0 Å². The quantitative estimate of drug-likeness (QED) is 0.886. The number of amides is 1. The van der Waals surface area contributed by atoms with Crippen molar-refractivity contribution < 1.29 is 9.90 Å². The predicted molar refractivity (Wildman–Crippen MR) is 91.3 cm³/mol. The molecule has 3 rings (SSSR count). The van der Waals surface area contributed by atoms with Crippen LogP contribution < -0.4 is 0 Å². The van der Waals surface area contributed by atoms with Crippen LogP contribution >= 0.6 is 0 Å². The Morgan fingerprint density at radius 2 is 2.00 bits per heavy atom. The van der Waals surface area contributed by atoms with E-state index in [1.165, 1.54) is 6.33 Å². The molecule has 2 N–H and O–H groups in total. The summed E-state index contributed by atoms with van der Waals surface area (Å²) in [6.45, 7) is 7.49. The molecule has 0 radical (unpaired) electrons. The smallest absolute Gasteiger partial charge is 0.253 e. The van der Waals surface area contributed by atoms with E-state index < -0.39 is 6.10 Å². The molecule has 1 aliphatic heterocycles. The molecule has 2 atom stereocenters. The highest BCUT2D eigenvalue weighted by molar-refractivity contribution is 5.94. The van der Waals surface area contributed by atoms with Gasteiger partial charge in [-0.15, -0.1) is 0 Å². The van der Waals surface area contributed by atoms with Gasteiger partial charge in [-0.05, 0) is 29.9 Å². The number of aromatic nitrogens is 3. The van der Waals surface area contributed by atoms with Crippen molar-refractivity contribution in [2.45, 2.75) is 33.3 Å². The first-order valence-corrected chi connectivity index (χ1v) is 8.29. The van der Waals surface area contributed by atoms with Gasteiger partial charge in [0.1, 0.15) is 6.33 Å². The fourth-order valence-electron chi connectivity index (χ4n) is 3.42. The summed E-state index contributed by atoms with van der Waals surface area (Å²) in [6.07, 6.45) is 1.80. The molecule has 2 heterocycles.